The van der Waals surface area contributed by atoms with E-state index < -0.39 is 0 Å². The van der Waals surface area contributed by atoms with Crippen LogP contribution >= 0.6 is 11.6 Å². The molecule has 0 saturated carbocycles. The van der Waals surface area contributed by atoms with Gasteiger partial charge >= 0.3 is 0 Å². The second-order valence-corrected chi connectivity index (χ2v) is 5.61. The fourth-order valence-electron chi connectivity index (χ4n) is 2.65. The molecule has 0 aromatic heterocycles. The third kappa shape index (κ3) is 5.52. The van der Waals surface area contributed by atoms with Gasteiger partial charge in [0.1, 0.15) is 0 Å². The Kier molecular flexibility index (Phi) is 6.69. The van der Waals surface area contributed by atoms with Crippen LogP contribution in [0.2, 0.25) is 0 Å². The van der Waals surface area contributed by atoms with Crippen molar-refractivity contribution < 1.29 is 4.74 Å². The molecule has 0 amide bonds. The molecule has 1 aliphatic heterocycles. The standard InChI is InChI=1S/C16H24ClNO/c17-10-12-18(14-15-6-2-1-3-7-15)11-4-8-16-9-5-13-19-16/h1-3,6-7,16H,4-5,8-14H2. The summed E-state index contributed by atoms with van der Waals surface area (Å²) in [5.41, 5.74) is 1.37. The molecule has 2 rings (SSSR count). The van der Waals surface area contributed by atoms with E-state index in [1.54, 1.807) is 0 Å². The van der Waals surface area contributed by atoms with Gasteiger partial charge in [-0.15, -0.1) is 11.6 Å². The minimum absolute atomic E-state index is 0.509. The summed E-state index contributed by atoms with van der Waals surface area (Å²) in [5, 5.41) is 0. The van der Waals surface area contributed by atoms with Gasteiger partial charge in [0.15, 0.2) is 0 Å². The van der Waals surface area contributed by atoms with Gasteiger partial charge in [-0.1, -0.05) is 30.3 Å². The highest BCUT2D eigenvalue weighted by Crippen LogP contribution is 2.17. The summed E-state index contributed by atoms with van der Waals surface area (Å²) in [6, 6.07) is 10.6. The lowest BCUT2D eigenvalue weighted by atomic mass is 10.1. The van der Waals surface area contributed by atoms with E-state index in [0.717, 1.165) is 26.2 Å². The number of hydrogen-bond acceptors (Lipinski definition) is 2. The van der Waals surface area contributed by atoms with Crippen molar-refractivity contribution >= 4 is 11.6 Å². The number of alkyl halides is 1. The first-order valence-corrected chi connectivity index (χ1v) is 7.86. The van der Waals surface area contributed by atoms with Crippen molar-refractivity contribution in [3.8, 4) is 0 Å². The van der Waals surface area contributed by atoms with E-state index in [2.05, 4.69) is 35.2 Å². The van der Waals surface area contributed by atoms with Gasteiger partial charge in [-0.2, -0.15) is 0 Å². The molecule has 1 aromatic carbocycles. The molecule has 0 aliphatic carbocycles. The van der Waals surface area contributed by atoms with Crippen LogP contribution in [0.5, 0.6) is 0 Å². The highest BCUT2D eigenvalue weighted by Gasteiger charge is 2.15. The summed E-state index contributed by atoms with van der Waals surface area (Å²) >= 11 is 5.90. The van der Waals surface area contributed by atoms with Crippen LogP contribution in [0, 0.1) is 0 Å². The van der Waals surface area contributed by atoms with Gasteiger partial charge < -0.3 is 4.74 Å². The zero-order valence-corrected chi connectivity index (χ0v) is 12.3. The summed E-state index contributed by atoms with van der Waals surface area (Å²) in [4.78, 5) is 2.44. The Labute approximate surface area is 121 Å². The maximum absolute atomic E-state index is 5.90. The fraction of sp³-hybridized carbons (Fsp3) is 0.625. The van der Waals surface area contributed by atoms with Crippen LogP contribution in [0.25, 0.3) is 0 Å². The van der Waals surface area contributed by atoms with Gasteiger partial charge in [0.05, 0.1) is 6.10 Å². The Hall–Kier alpha value is -0.570. The molecule has 1 fully saturated rings. The lowest BCUT2D eigenvalue weighted by Crippen LogP contribution is -2.27. The van der Waals surface area contributed by atoms with Crippen molar-refractivity contribution in [1.29, 1.82) is 0 Å². The highest BCUT2D eigenvalue weighted by molar-refractivity contribution is 6.18. The van der Waals surface area contributed by atoms with Gasteiger partial charge in [-0.3, -0.25) is 4.90 Å². The molecule has 1 saturated heterocycles. The van der Waals surface area contributed by atoms with Gasteiger partial charge in [0.2, 0.25) is 0 Å². The van der Waals surface area contributed by atoms with Crippen molar-refractivity contribution in [3.05, 3.63) is 35.9 Å². The van der Waals surface area contributed by atoms with E-state index >= 15 is 0 Å². The van der Waals surface area contributed by atoms with Gasteiger partial charge in [0.25, 0.3) is 0 Å². The zero-order chi connectivity index (χ0) is 13.3. The Morgan fingerprint density at radius 2 is 2.05 bits per heavy atom. The van der Waals surface area contributed by atoms with E-state index in [0.29, 0.717) is 12.0 Å². The van der Waals surface area contributed by atoms with Gasteiger partial charge in [-0.25, -0.2) is 0 Å². The second kappa shape index (κ2) is 8.57. The lowest BCUT2D eigenvalue weighted by Gasteiger charge is -2.22. The largest absolute Gasteiger partial charge is 0.378 e. The SMILES string of the molecule is ClCCN(CCCC1CCCO1)Cc1ccccc1. The quantitative estimate of drug-likeness (QED) is 0.674. The van der Waals surface area contributed by atoms with Crippen molar-refractivity contribution in [1.82, 2.24) is 4.90 Å². The summed E-state index contributed by atoms with van der Waals surface area (Å²) < 4.78 is 5.67. The van der Waals surface area contributed by atoms with Crippen molar-refractivity contribution in [2.45, 2.75) is 38.3 Å². The monoisotopic (exact) mass is 281 g/mol. The number of benzene rings is 1. The van der Waals surface area contributed by atoms with E-state index in [1.807, 2.05) is 0 Å². The number of nitrogens with zero attached hydrogens (tertiary/aromatic N) is 1. The Balaban J connectivity index is 1.72. The average molecular weight is 282 g/mol. The first kappa shape index (κ1) is 14.8. The molecule has 0 bridgehead atoms. The summed E-state index contributed by atoms with van der Waals surface area (Å²) in [6.07, 6.45) is 5.38. The third-order valence-electron chi connectivity index (χ3n) is 3.67. The Bertz CT molecular complexity index is 338. The molecule has 1 unspecified atom stereocenters. The summed E-state index contributed by atoms with van der Waals surface area (Å²) in [5.74, 6) is 0.701. The third-order valence-corrected chi connectivity index (χ3v) is 3.84. The van der Waals surface area contributed by atoms with Crippen LogP contribution in [0.4, 0.5) is 0 Å². The van der Waals surface area contributed by atoms with Crippen LogP contribution in [0.15, 0.2) is 30.3 Å². The van der Waals surface area contributed by atoms with E-state index in [-0.39, 0.29) is 0 Å². The first-order valence-electron chi connectivity index (χ1n) is 7.32. The molecule has 1 atom stereocenters. The minimum atomic E-state index is 0.509. The molecule has 106 valence electrons. The Morgan fingerprint density at radius 1 is 1.21 bits per heavy atom. The number of hydrogen-bond donors (Lipinski definition) is 0. The average Bonchev–Trinajstić information content (AvgIpc) is 2.93. The smallest absolute Gasteiger partial charge is 0.0576 e. The Morgan fingerprint density at radius 3 is 2.74 bits per heavy atom. The van der Waals surface area contributed by atoms with E-state index in [4.69, 9.17) is 16.3 Å². The maximum atomic E-state index is 5.90. The molecule has 2 nitrogen and oxygen atoms in total. The normalized spacial score (nSPS) is 19.2. The molecule has 1 aliphatic rings. The second-order valence-electron chi connectivity index (χ2n) is 5.23. The minimum Gasteiger partial charge on any atom is -0.378 e. The topological polar surface area (TPSA) is 12.5 Å². The maximum Gasteiger partial charge on any atom is 0.0576 e. The van der Waals surface area contributed by atoms with Crippen LogP contribution in [0.3, 0.4) is 0 Å². The fourth-order valence-corrected chi connectivity index (χ4v) is 2.88. The predicted octanol–water partition coefficient (Wildman–Crippen LogP) is 3.69. The van der Waals surface area contributed by atoms with Gasteiger partial charge in [-0.05, 0) is 37.8 Å². The van der Waals surface area contributed by atoms with Gasteiger partial charge in [0, 0.05) is 25.6 Å². The molecule has 1 aromatic rings. The van der Waals surface area contributed by atoms with Crippen LogP contribution < -0.4 is 0 Å². The molecule has 1 heterocycles. The molecule has 0 N–H and O–H groups in total. The molecule has 0 radical (unpaired) electrons. The summed E-state index contributed by atoms with van der Waals surface area (Å²) in [7, 11) is 0. The van der Waals surface area contributed by atoms with Crippen LogP contribution in [-0.4, -0.2) is 36.6 Å². The molecule has 3 heteroatoms. The van der Waals surface area contributed by atoms with E-state index in [9.17, 15) is 0 Å². The van der Waals surface area contributed by atoms with Crippen molar-refractivity contribution in [2.75, 3.05) is 25.6 Å². The first-order chi connectivity index (χ1) is 9.38. The molecular formula is C16H24ClNO. The molecule has 0 spiro atoms. The number of halogens is 1. The van der Waals surface area contributed by atoms with Crippen LogP contribution in [0.1, 0.15) is 31.2 Å². The summed E-state index contributed by atoms with van der Waals surface area (Å²) in [6.45, 7) is 4.03. The number of ether oxygens (including phenoxy) is 1. The van der Waals surface area contributed by atoms with Crippen molar-refractivity contribution in [3.63, 3.8) is 0 Å². The molecular weight excluding hydrogens is 258 g/mol. The molecule has 19 heavy (non-hydrogen) atoms. The highest BCUT2D eigenvalue weighted by atomic mass is 35.5. The zero-order valence-electron chi connectivity index (χ0n) is 11.6. The van der Waals surface area contributed by atoms with Crippen LogP contribution in [-0.2, 0) is 11.3 Å². The lowest BCUT2D eigenvalue weighted by molar-refractivity contribution is 0.0986. The van der Waals surface area contributed by atoms with E-state index in [1.165, 1.54) is 31.2 Å². The number of rotatable bonds is 8. The van der Waals surface area contributed by atoms with Crippen molar-refractivity contribution in [2.24, 2.45) is 0 Å². The predicted molar refractivity (Wildman–Crippen MR) is 80.6 cm³/mol.